The number of anilines is 2. The highest BCUT2D eigenvalue weighted by Gasteiger charge is 2.06. The van der Waals surface area contributed by atoms with E-state index in [-0.39, 0.29) is 5.91 Å². The Kier molecular flexibility index (Phi) is 5.58. The molecular weight excluding hydrogens is 286 g/mol. The summed E-state index contributed by atoms with van der Waals surface area (Å²) in [5.41, 5.74) is 1.50. The molecule has 2 aromatic rings. The van der Waals surface area contributed by atoms with Crippen molar-refractivity contribution < 1.29 is 4.79 Å². The van der Waals surface area contributed by atoms with Gasteiger partial charge in [-0.15, -0.1) is 0 Å². The van der Waals surface area contributed by atoms with Gasteiger partial charge in [-0.1, -0.05) is 24.9 Å². The maximum Gasteiger partial charge on any atom is 0.256 e. The molecule has 2 rings (SSSR count). The van der Waals surface area contributed by atoms with Gasteiger partial charge in [0.05, 0.1) is 11.9 Å². The molecule has 0 saturated carbocycles. The zero-order chi connectivity index (χ0) is 15.1. The number of hydrogen-bond acceptors (Lipinski definition) is 3. The summed E-state index contributed by atoms with van der Waals surface area (Å²) in [6.45, 7) is 3.07. The number of carbonyl (C=O) groups is 1. The fraction of sp³-hybridized carbons (Fsp3) is 0.250. The van der Waals surface area contributed by atoms with Crippen LogP contribution in [0, 0.1) is 0 Å². The van der Waals surface area contributed by atoms with E-state index in [1.807, 2.05) is 6.07 Å². The minimum Gasteiger partial charge on any atom is -0.384 e. The third-order valence-corrected chi connectivity index (χ3v) is 3.22. The number of amides is 1. The van der Waals surface area contributed by atoms with Crippen LogP contribution in [-0.4, -0.2) is 17.4 Å². The van der Waals surface area contributed by atoms with E-state index in [9.17, 15) is 4.79 Å². The lowest BCUT2D eigenvalue weighted by Crippen LogP contribution is -2.12. The molecule has 21 heavy (non-hydrogen) atoms. The number of hydrogen-bond donors (Lipinski definition) is 2. The second kappa shape index (κ2) is 7.64. The van der Waals surface area contributed by atoms with Gasteiger partial charge in [-0.05, 0) is 42.8 Å². The number of aromatic nitrogens is 1. The normalized spacial score (nSPS) is 10.2. The Morgan fingerprint density at radius 1 is 1.19 bits per heavy atom. The summed E-state index contributed by atoms with van der Waals surface area (Å²) in [6, 6.07) is 10.4. The second-order valence-corrected chi connectivity index (χ2v) is 5.11. The predicted molar refractivity (Wildman–Crippen MR) is 87.0 cm³/mol. The minimum absolute atomic E-state index is 0.203. The van der Waals surface area contributed by atoms with Gasteiger partial charge in [0.25, 0.3) is 5.91 Å². The Hall–Kier alpha value is -2.07. The molecule has 0 aliphatic rings. The largest absolute Gasteiger partial charge is 0.384 e. The number of carbonyl (C=O) groups excluding carboxylic acids is 1. The van der Waals surface area contributed by atoms with Gasteiger partial charge in [0.1, 0.15) is 5.82 Å². The lowest BCUT2D eigenvalue weighted by molar-refractivity contribution is 0.102. The van der Waals surface area contributed by atoms with Crippen molar-refractivity contribution in [3.8, 4) is 0 Å². The topological polar surface area (TPSA) is 54.0 Å². The molecule has 2 N–H and O–H groups in total. The van der Waals surface area contributed by atoms with Gasteiger partial charge in [0.2, 0.25) is 0 Å². The quantitative estimate of drug-likeness (QED) is 0.786. The molecule has 1 amide bonds. The first-order valence-electron chi connectivity index (χ1n) is 6.96. The van der Waals surface area contributed by atoms with E-state index in [2.05, 4.69) is 22.5 Å². The van der Waals surface area contributed by atoms with Gasteiger partial charge in [0.15, 0.2) is 0 Å². The summed E-state index contributed by atoms with van der Waals surface area (Å²) in [5, 5.41) is 6.63. The van der Waals surface area contributed by atoms with E-state index in [0.717, 1.165) is 25.1 Å². The number of rotatable bonds is 6. The van der Waals surface area contributed by atoms with E-state index >= 15 is 0 Å². The standard InChI is InChI=1S/C16H18ClN3O/c1-2-3-10-18-14-8-9-15(19-11-14)20-16(21)12-4-6-13(17)7-5-12/h4-9,11,18H,2-3,10H2,1H3,(H,19,20,21). The molecule has 110 valence electrons. The Morgan fingerprint density at radius 3 is 2.57 bits per heavy atom. The fourth-order valence-corrected chi connectivity index (χ4v) is 1.90. The van der Waals surface area contributed by atoms with Crippen LogP contribution >= 0.6 is 11.6 Å². The first-order chi connectivity index (χ1) is 10.2. The summed E-state index contributed by atoms with van der Waals surface area (Å²) < 4.78 is 0. The van der Waals surface area contributed by atoms with Crippen LogP contribution in [0.25, 0.3) is 0 Å². The number of nitrogens with zero attached hydrogens (tertiary/aromatic N) is 1. The number of halogens is 1. The molecule has 0 atom stereocenters. The summed E-state index contributed by atoms with van der Waals surface area (Å²) in [6.07, 6.45) is 3.98. The number of benzene rings is 1. The first kappa shape index (κ1) is 15.3. The van der Waals surface area contributed by atoms with Crippen LogP contribution < -0.4 is 10.6 Å². The van der Waals surface area contributed by atoms with E-state index in [0.29, 0.717) is 16.4 Å². The van der Waals surface area contributed by atoms with Crippen molar-refractivity contribution in [3.05, 3.63) is 53.2 Å². The molecule has 4 nitrogen and oxygen atoms in total. The summed E-state index contributed by atoms with van der Waals surface area (Å²) >= 11 is 5.80. The van der Waals surface area contributed by atoms with Crippen LogP contribution in [0.3, 0.4) is 0 Å². The first-order valence-corrected chi connectivity index (χ1v) is 7.33. The molecule has 0 unspecified atom stereocenters. The molecule has 1 heterocycles. The van der Waals surface area contributed by atoms with Crippen LogP contribution in [0.1, 0.15) is 30.1 Å². The van der Waals surface area contributed by atoms with Gasteiger partial charge in [0, 0.05) is 17.1 Å². The molecule has 0 aliphatic heterocycles. The Morgan fingerprint density at radius 2 is 1.95 bits per heavy atom. The van der Waals surface area contributed by atoms with Gasteiger partial charge >= 0.3 is 0 Å². The maximum absolute atomic E-state index is 12.0. The van der Waals surface area contributed by atoms with Gasteiger partial charge in [-0.3, -0.25) is 4.79 Å². The third-order valence-electron chi connectivity index (χ3n) is 2.97. The fourth-order valence-electron chi connectivity index (χ4n) is 1.77. The molecule has 0 spiro atoms. The molecule has 0 fully saturated rings. The SMILES string of the molecule is CCCCNc1ccc(NC(=O)c2ccc(Cl)cc2)nc1. The van der Waals surface area contributed by atoms with E-state index in [1.54, 1.807) is 36.5 Å². The van der Waals surface area contributed by atoms with E-state index in [1.165, 1.54) is 0 Å². The molecular formula is C16H18ClN3O. The average Bonchev–Trinajstić information content (AvgIpc) is 2.50. The number of pyridine rings is 1. The molecule has 0 bridgehead atoms. The molecule has 0 radical (unpaired) electrons. The van der Waals surface area contributed by atoms with Gasteiger partial charge < -0.3 is 10.6 Å². The number of unbranched alkanes of at least 4 members (excludes halogenated alkanes) is 1. The van der Waals surface area contributed by atoms with Crippen LogP contribution in [0.5, 0.6) is 0 Å². The van der Waals surface area contributed by atoms with Gasteiger partial charge in [-0.2, -0.15) is 0 Å². The molecule has 1 aromatic heterocycles. The van der Waals surface area contributed by atoms with Crippen molar-refractivity contribution >= 4 is 29.0 Å². The van der Waals surface area contributed by atoms with Gasteiger partial charge in [-0.25, -0.2) is 4.98 Å². The van der Waals surface area contributed by atoms with E-state index < -0.39 is 0 Å². The van der Waals surface area contributed by atoms with Crippen LogP contribution in [0.15, 0.2) is 42.6 Å². The van der Waals surface area contributed by atoms with Crippen LogP contribution in [-0.2, 0) is 0 Å². The highest BCUT2D eigenvalue weighted by molar-refractivity contribution is 6.30. The monoisotopic (exact) mass is 303 g/mol. The van der Waals surface area contributed by atoms with E-state index in [4.69, 9.17) is 11.6 Å². The van der Waals surface area contributed by atoms with Crippen molar-refractivity contribution in [1.82, 2.24) is 4.98 Å². The number of nitrogens with one attached hydrogen (secondary N) is 2. The average molecular weight is 304 g/mol. The highest BCUT2D eigenvalue weighted by atomic mass is 35.5. The van der Waals surface area contributed by atoms with Crippen molar-refractivity contribution in [1.29, 1.82) is 0 Å². The maximum atomic E-state index is 12.0. The van der Waals surface area contributed by atoms with Crippen molar-refractivity contribution in [2.24, 2.45) is 0 Å². The minimum atomic E-state index is -0.203. The van der Waals surface area contributed by atoms with Crippen molar-refractivity contribution in [2.45, 2.75) is 19.8 Å². The third kappa shape index (κ3) is 4.76. The smallest absolute Gasteiger partial charge is 0.256 e. The van der Waals surface area contributed by atoms with Crippen LogP contribution in [0.4, 0.5) is 11.5 Å². The zero-order valence-electron chi connectivity index (χ0n) is 11.9. The van der Waals surface area contributed by atoms with Crippen LogP contribution in [0.2, 0.25) is 5.02 Å². The predicted octanol–water partition coefficient (Wildman–Crippen LogP) is 4.20. The Bertz CT molecular complexity index is 581. The van der Waals surface area contributed by atoms with Crippen molar-refractivity contribution in [3.63, 3.8) is 0 Å². The second-order valence-electron chi connectivity index (χ2n) is 4.67. The zero-order valence-corrected chi connectivity index (χ0v) is 12.7. The molecule has 0 saturated heterocycles. The lowest BCUT2D eigenvalue weighted by Gasteiger charge is -2.07. The molecule has 1 aromatic carbocycles. The summed E-state index contributed by atoms with van der Waals surface area (Å²) in [7, 11) is 0. The molecule has 5 heteroatoms. The van der Waals surface area contributed by atoms with Crippen molar-refractivity contribution in [2.75, 3.05) is 17.2 Å². The summed E-state index contributed by atoms with van der Waals surface area (Å²) in [4.78, 5) is 16.2. The molecule has 0 aliphatic carbocycles. The lowest BCUT2D eigenvalue weighted by atomic mass is 10.2. The Balaban J connectivity index is 1.93. The Labute approximate surface area is 129 Å². The highest BCUT2D eigenvalue weighted by Crippen LogP contribution is 2.13. The summed E-state index contributed by atoms with van der Waals surface area (Å²) in [5.74, 6) is 0.321.